The van der Waals surface area contributed by atoms with Gasteiger partial charge in [0, 0.05) is 44.2 Å². The Morgan fingerprint density at radius 3 is 2.21 bits per heavy atom. The normalized spacial score (nSPS) is 19.6. The van der Waals surface area contributed by atoms with Crippen LogP contribution in [0.3, 0.4) is 0 Å². The van der Waals surface area contributed by atoms with E-state index in [0.717, 1.165) is 55.7 Å². The Hall–Kier alpha value is -5.99. The first-order chi connectivity index (χ1) is 31.8. The van der Waals surface area contributed by atoms with Gasteiger partial charge in [0.25, 0.3) is 0 Å². The van der Waals surface area contributed by atoms with E-state index in [4.69, 9.17) is 4.74 Å². The van der Waals surface area contributed by atoms with Gasteiger partial charge >= 0.3 is 12.1 Å². The molecule has 0 radical (unpaired) electrons. The maximum absolute atomic E-state index is 14.1. The Morgan fingerprint density at radius 1 is 0.818 bits per heavy atom. The number of halogens is 3. The van der Waals surface area contributed by atoms with E-state index in [1.54, 1.807) is 35.2 Å². The molecule has 0 saturated carbocycles. The first-order valence-corrected chi connectivity index (χ1v) is 23.1. The van der Waals surface area contributed by atoms with Crippen molar-refractivity contribution < 1.29 is 42.5 Å². The van der Waals surface area contributed by atoms with E-state index in [0.29, 0.717) is 79.6 Å². The van der Waals surface area contributed by atoms with Crippen LogP contribution in [0.1, 0.15) is 90.9 Å². The molecule has 4 aliphatic heterocycles. The number of aliphatic hydroxyl groups is 1. The second-order valence-corrected chi connectivity index (χ2v) is 18.2. The predicted molar refractivity (Wildman–Crippen MR) is 243 cm³/mol. The molecule has 66 heavy (non-hydrogen) atoms. The molecule has 9 rings (SSSR count). The fourth-order valence-corrected chi connectivity index (χ4v) is 10.0. The Bertz CT molecular complexity index is 2550. The van der Waals surface area contributed by atoms with Gasteiger partial charge in [-0.3, -0.25) is 24.1 Å². The summed E-state index contributed by atoms with van der Waals surface area (Å²) in [7, 11) is 0. The van der Waals surface area contributed by atoms with Crippen molar-refractivity contribution in [3.05, 3.63) is 147 Å². The van der Waals surface area contributed by atoms with Crippen molar-refractivity contribution in [2.75, 3.05) is 39.3 Å². The Morgan fingerprint density at radius 2 is 1.53 bits per heavy atom. The van der Waals surface area contributed by atoms with E-state index in [1.165, 1.54) is 18.2 Å². The summed E-state index contributed by atoms with van der Waals surface area (Å²) in [5, 5.41) is 21.8. The quantitative estimate of drug-likeness (QED) is 0.0672. The number of phenolic OH excluding ortho intramolecular Hbond substituents is 1. The highest BCUT2D eigenvalue weighted by Gasteiger charge is 2.47. The summed E-state index contributed by atoms with van der Waals surface area (Å²) in [6, 6.07) is 27.9. The first kappa shape index (κ1) is 46.5. The summed E-state index contributed by atoms with van der Waals surface area (Å²) in [6.45, 7) is 3.97. The number of alkyl halides is 3. The van der Waals surface area contributed by atoms with Gasteiger partial charge < -0.3 is 29.7 Å². The number of rotatable bonds is 16. The number of hydrogen-bond acceptors (Lipinski definition) is 8. The number of likely N-dealkylation sites (tertiary alicyclic amines) is 1. The number of phenols is 1. The standard InChI is InChI=1S/C52H57F3N4O7/c53-52(54,55)40-11-7-8-37(30-40)33-59(25-6-2-5-12-43(60)41-17-19-44(61)49-42(41)18-20-46(62)56-49)48(64)32-36-15-13-35(14-16-36)31-47(63)58-28-23-51(24-29-58,39-9-3-1-4-10-39)50(65)66-45-34-57-26-21-38(45)22-27-57/h1,3-4,7-11,13-20,30,38,43,45,60-61H,2,5-6,12,21-29,31-34H2,(H,56,62)/t43-,45-/m0/s1. The van der Waals surface area contributed by atoms with Gasteiger partial charge in [-0.05, 0) is 110 Å². The number of piperidine rings is 4. The summed E-state index contributed by atoms with van der Waals surface area (Å²) in [5.74, 6) is -0.228. The lowest BCUT2D eigenvalue weighted by atomic mass is 9.72. The molecule has 2 bridgehead atoms. The number of amides is 2. The summed E-state index contributed by atoms with van der Waals surface area (Å²) >= 11 is 0. The largest absolute Gasteiger partial charge is 0.506 e. The molecular formula is C52H57F3N4O7. The molecule has 4 aromatic carbocycles. The van der Waals surface area contributed by atoms with Crippen molar-refractivity contribution in [3.63, 3.8) is 0 Å². The maximum Gasteiger partial charge on any atom is 0.416 e. The Balaban J connectivity index is 0.865. The van der Waals surface area contributed by atoms with Gasteiger partial charge in [-0.1, -0.05) is 85.6 Å². The number of hydrogen-bond donors (Lipinski definition) is 3. The molecule has 348 valence electrons. The number of aliphatic hydroxyl groups excluding tert-OH is 1. The molecule has 3 N–H and O–H groups in total. The topological polar surface area (TPSA) is 143 Å². The predicted octanol–water partition coefficient (Wildman–Crippen LogP) is 7.86. The minimum Gasteiger partial charge on any atom is -0.506 e. The van der Waals surface area contributed by atoms with Gasteiger partial charge in [-0.25, -0.2) is 0 Å². The van der Waals surface area contributed by atoms with Gasteiger partial charge in [0.1, 0.15) is 11.9 Å². The number of carbonyl (C=O) groups is 3. The fourth-order valence-electron chi connectivity index (χ4n) is 10.0. The second-order valence-electron chi connectivity index (χ2n) is 18.2. The third-order valence-electron chi connectivity index (χ3n) is 13.9. The Labute approximate surface area is 382 Å². The van der Waals surface area contributed by atoms with Gasteiger partial charge in [0.2, 0.25) is 17.4 Å². The van der Waals surface area contributed by atoms with Crippen molar-refractivity contribution >= 4 is 28.7 Å². The summed E-state index contributed by atoms with van der Waals surface area (Å²) < 4.78 is 47.2. The van der Waals surface area contributed by atoms with E-state index in [9.17, 15) is 42.6 Å². The molecule has 2 amide bonds. The van der Waals surface area contributed by atoms with Crippen LogP contribution in [0.2, 0.25) is 0 Å². The smallest absolute Gasteiger partial charge is 0.416 e. The van der Waals surface area contributed by atoms with Gasteiger partial charge in [0.15, 0.2) is 0 Å². The summed E-state index contributed by atoms with van der Waals surface area (Å²) in [6.07, 6.45) is -0.252. The highest BCUT2D eigenvalue weighted by atomic mass is 19.4. The van der Waals surface area contributed by atoms with E-state index < -0.39 is 23.3 Å². The zero-order valence-corrected chi connectivity index (χ0v) is 37.0. The molecule has 14 heteroatoms. The molecule has 4 saturated heterocycles. The number of esters is 1. The number of nitrogens with zero attached hydrogens (tertiary/aromatic N) is 3. The van der Waals surface area contributed by atoms with Crippen molar-refractivity contribution in [3.8, 4) is 5.75 Å². The molecule has 0 aliphatic carbocycles. The van der Waals surface area contributed by atoms with Gasteiger partial charge in [0.05, 0.1) is 35.4 Å². The molecule has 5 heterocycles. The van der Waals surface area contributed by atoms with Crippen molar-refractivity contribution in [2.24, 2.45) is 5.92 Å². The first-order valence-electron chi connectivity index (χ1n) is 23.1. The number of aromatic hydroxyl groups is 1. The van der Waals surface area contributed by atoms with E-state index in [-0.39, 0.29) is 66.6 Å². The van der Waals surface area contributed by atoms with Crippen LogP contribution in [0, 0.1) is 5.92 Å². The van der Waals surface area contributed by atoms with Crippen molar-refractivity contribution in [1.29, 1.82) is 0 Å². The van der Waals surface area contributed by atoms with E-state index >= 15 is 0 Å². The highest BCUT2D eigenvalue weighted by Crippen LogP contribution is 2.40. The minimum absolute atomic E-state index is 0.00531. The number of ether oxygens (including phenoxy) is 1. The van der Waals surface area contributed by atoms with Crippen molar-refractivity contribution in [1.82, 2.24) is 19.7 Å². The molecule has 0 spiro atoms. The number of benzene rings is 4. The average molecular weight is 907 g/mol. The minimum atomic E-state index is -4.53. The molecule has 4 aliphatic rings. The van der Waals surface area contributed by atoms with Crippen LogP contribution in [0.25, 0.3) is 10.9 Å². The third-order valence-corrected chi connectivity index (χ3v) is 13.9. The zero-order chi connectivity index (χ0) is 46.4. The molecule has 0 unspecified atom stereocenters. The number of H-pyrrole nitrogens is 1. The van der Waals surface area contributed by atoms with Crippen LogP contribution < -0.4 is 5.56 Å². The number of unbranched alkanes of at least 4 members (excludes halogenated alkanes) is 2. The van der Waals surface area contributed by atoms with Crippen LogP contribution >= 0.6 is 0 Å². The lowest BCUT2D eigenvalue weighted by Crippen LogP contribution is -2.55. The van der Waals surface area contributed by atoms with E-state index in [1.807, 2.05) is 47.4 Å². The highest BCUT2D eigenvalue weighted by molar-refractivity contribution is 5.87. The third kappa shape index (κ3) is 10.8. The molecule has 4 fully saturated rings. The average Bonchev–Trinajstić information content (AvgIpc) is 3.32. The molecule has 2 atom stereocenters. The van der Waals surface area contributed by atoms with Crippen LogP contribution in [-0.4, -0.2) is 93.1 Å². The van der Waals surface area contributed by atoms with Crippen molar-refractivity contribution in [2.45, 2.75) is 94.6 Å². The van der Waals surface area contributed by atoms with Gasteiger partial charge in [-0.15, -0.1) is 0 Å². The SMILES string of the molecule is O=C(Cc1ccc(CC(=O)N(CCCCC[C@H](O)c2ccc(O)c3[nH]c(=O)ccc23)Cc2cccc(C(F)(F)F)c2)cc1)N1CCC(C(=O)O[C@H]2CN3CCC2CC3)(c2ccccc2)CC1. The van der Waals surface area contributed by atoms with Gasteiger partial charge in [-0.2, -0.15) is 13.2 Å². The second kappa shape index (κ2) is 20.3. The van der Waals surface area contributed by atoms with Crippen LogP contribution in [0.5, 0.6) is 5.75 Å². The summed E-state index contributed by atoms with van der Waals surface area (Å²) in [5.41, 5.74) is 1.55. The lowest BCUT2D eigenvalue weighted by molar-refractivity contribution is -0.168. The molecule has 1 aromatic heterocycles. The number of aromatic amines is 1. The van der Waals surface area contributed by atoms with Crippen LogP contribution in [0.4, 0.5) is 13.2 Å². The number of pyridine rings is 1. The number of carbonyl (C=O) groups excluding carboxylic acids is 3. The lowest BCUT2D eigenvalue weighted by Gasteiger charge is -2.46. The molecule has 5 aromatic rings. The number of nitrogens with one attached hydrogen (secondary N) is 1. The van der Waals surface area contributed by atoms with Crippen LogP contribution in [-0.2, 0) is 50.1 Å². The zero-order valence-electron chi connectivity index (χ0n) is 37.0. The maximum atomic E-state index is 14.1. The van der Waals surface area contributed by atoms with Crippen LogP contribution in [0.15, 0.2) is 108 Å². The number of aromatic nitrogens is 1. The number of fused-ring (bicyclic) bond motifs is 4. The monoisotopic (exact) mass is 906 g/mol. The van der Waals surface area contributed by atoms with E-state index in [2.05, 4.69) is 9.88 Å². The summed E-state index contributed by atoms with van der Waals surface area (Å²) in [4.78, 5) is 61.8. The Kier molecular flexibility index (Phi) is 14.3. The molecular weight excluding hydrogens is 850 g/mol. The molecule has 11 nitrogen and oxygen atoms in total. The fraction of sp³-hybridized carbons (Fsp3) is 0.423.